The molecule has 0 aliphatic heterocycles. The third-order valence-electron chi connectivity index (χ3n) is 2.54. The van der Waals surface area contributed by atoms with E-state index in [0.717, 1.165) is 18.3 Å². The van der Waals surface area contributed by atoms with Gasteiger partial charge in [0.2, 0.25) is 0 Å². The molecular formula is C14H13ClF2N2S. The molecule has 0 aliphatic carbocycles. The number of nitrogens with one attached hydrogen (secondary N) is 1. The molecule has 20 heavy (non-hydrogen) atoms. The van der Waals surface area contributed by atoms with Crippen molar-refractivity contribution in [3.8, 4) is 0 Å². The van der Waals surface area contributed by atoms with Gasteiger partial charge in [-0.25, -0.2) is 13.8 Å². The predicted molar refractivity (Wildman–Crippen MR) is 77.1 cm³/mol. The van der Waals surface area contributed by atoms with Crippen molar-refractivity contribution in [1.29, 1.82) is 0 Å². The number of halogens is 3. The van der Waals surface area contributed by atoms with E-state index in [0.29, 0.717) is 22.2 Å². The van der Waals surface area contributed by atoms with Gasteiger partial charge >= 0.3 is 0 Å². The van der Waals surface area contributed by atoms with Crippen LogP contribution in [0.25, 0.3) is 0 Å². The number of aromatic nitrogens is 1. The normalized spacial score (nSPS) is 10.8. The first kappa shape index (κ1) is 15.2. The quantitative estimate of drug-likeness (QED) is 0.892. The van der Waals surface area contributed by atoms with E-state index in [-0.39, 0.29) is 4.90 Å². The van der Waals surface area contributed by atoms with Crippen molar-refractivity contribution in [2.75, 3.05) is 6.54 Å². The molecule has 2 aromatic rings. The van der Waals surface area contributed by atoms with E-state index in [9.17, 15) is 8.78 Å². The van der Waals surface area contributed by atoms with Crippen molar-refractivity contribution in [2.24, 2.45) is 0 Å². The monoisotopic (exact) mass is 314 g/mol. The summed E-state index contributed by atoms with van der Waals surface area (Å²) in [7, 11) is 0. The summed E-state index contributed by atoms with van der Waals surface area (Å²) in [6.07, 6.45) is 1.44. The Morgan fingerprint density at radius 2 is 1.95 bits per heavy atom. The lowest BCUT2D eigenvalue weighted by molar-refractivity contribution is 0.535. The number of nitrogens with zero attached hydrogens (tertiary/aromatic N) is 1. The molecule has 1 aromatic heterocycles. The smallest absolute Gasteiger partial charge is 0.140 e. The van der Waals surface area contributed by atoms with Crippen LogP contribution in [0, 0.1) is 11.6 Å². The highest BCUT2D eigenvalue weighted by molar-refractivity contribution is 7.99. The summed E-state index contributed by atoms with van der Waals surface area (Å²) in [5, 5.41) is 4.00. The fourth-order valence-corrected chi connectivity index (χ4v) is 2.48. The van der Waals surface area contributed by atoms with Gasteiger partial charge in [0.1, 0.15) is 16.7 Å². The molecule has 0 fully saturated rings. The van der Waals surface area contributed by atoms with Gasteiger partial charge in [0.15, 0.2) is 0 Å². The topological polar surface area (TPSA) is 24.9 Å². The standard InChI is InChI=1S/C14H13ClF2N2S/c1-2-18-7-9-5-11(16)14(12(17)6-9)20-13-4-3-10(15)8-19-13/h3-6,8,18H,2,7H2,1H3. The first-order valence-electron chi connectivity index (χ1n) is 6.08. The summed E-state index contributed by atoms with van der Waals surface area (Å²) in [6, 6.07) is 5.93. The summed E-state index contributed by atoms with van der Waals surface area (Å²) in [4.78, 5) is 3.96. The van der Waals surface area contributed by atoms with Crippen molar-refractivity contribution in [3.63, 3.8) is 0 Å². The second kappa shape index (κ2) is 7.02. The van der Waals surface area contributed by atoms with E-state index in [1.807, 2.05) is 6.92 Å². The van der Waals surface area contributed by atoms with E-state index in [4.69, 9.17) is 11.6 Å². The van der Waals surface area contributed by atoms with E-state index < -0.39 is 11.6 Å². The Morgan fingerprint density at radius 3 is 2.50 bits per heavy atom. The van der Waals surface area contributed by atoms with E-state index in [2.05, 4.69) is 10.3 Å². The molecule has 1 heterocycles. The summed E-state index contributed by atoms with van der Waals surface area (Å²) in [5.74, 6) is -1.17. The highest BCUT2D eigenvalue weighted by Gasteiger charge is 2.13. The lowest BCUT2D eigenvalue weighted by Crippen LogP contribution is -2.12. The molecule has 106 valence electrons. The van der Waals surface area contributed by atoms with Crippen molar-refractivity contribution in [1.82, 2.24) is 10.3 Å². The first-order chi connectivity index (χ1) is 9.60. The maximum Gasteiger partial charge on any atom is 0.140 e. The molecule has 0 radical (unpaired) electrons. The number of pyridine rings is 1. The molecule has 0 unspecified atom stereocenters. The van der Waals surface area contributed by atoms with Gasteiger partial charge in [0.05, 0.1) is 9.92 Å². The van der Waals surface area contributed by atoms with Crippen LogP contribution in [0.3, 0.4) is 0 Å². The Bertz CT molecular complexity index is 567. The summed E-state index contributed by atoms with van der Waals surface area (Å²) in [5.41, 5.74) is 0.579. The second-order valence-corrected chi connectivity index (χ2v) is 5.55. The molecule has 0 saturated carbocycles. The van der Waals surface area contributed by atoms with Crippen LogP contribution >= 0.6 is 23.4 Å². The predicted octanol–water partition coefficient (Wildman–Crippen LogP) is 4.27. The van der Waals surface area contributed by atoms with Crippen molar-refractivity contribution in [2.45, 2.75) is 23.4 Å². The fourth-order valence-electron chi connectivity index (χ4n) is 1.61. The average Bonchev–Trinajstić information content (AvgIpc) is 2.42. The van der Waals surface area contributed by atoms with Crippen molar-refractivity contribution >= 4 is 23.4 Å². The van der Waals surface area contributed by atoms with E-state index in [1.54, 1.807) is 12.1 Å². The van der Waals surface area contributed by atoms with Gasteiger partial charge in [-0.3, -0.25) is 0 Å². The molecule has 0 saturated heterocycles. The molecule has 0 atom stereocenters. The Morgan fingerprint density at radius 1 is 1.25 bits per heavy atom. The van der Waals surface area contributed by atoms with Crippen LogP contribution < -0.4 is 5.32 Å². The molecule has 2 rings (SSSR count). The number of hydrogen-bond acceptors (Lipinski definition) is 3. The highest BCUT2D eigenvalue weighted by Crippen LogP contribution is 2.31. The van der Waals surface area contributed by atoms with Gasteiger partial charge in [-0.1, -0.05) is 30.3 Å². The van der Waals surface area contributed by atoms with Crippen LogP contribution in [0.5, 0.6) is 0 Å². The van der Waals surface area contributed by atoms with Gasteiger partial charge in [-0.05, 0) is 36.4 Å². The van der Waals surface area contributed by atoms with Crippen LogP contribution in [0.15, 0.2) is 40.4 Å². The van der Waals surface area contributed by atoms with Crippen LogP contribution in [0.1, 0.15) is 12.5 Å². The largest absolute Gasteiger partial charge is 0.313 e. The molecule has 0 amide bonds. The fraction of sp³-hybridized carbons (Fsp3) is 0.214. The maximum absolute atomic E-state index is 14.0. The van der Waals surface area contributed by atoms with Gasteiger partial charge < -0.3 is 5.32 Å². The lowest BCUT2D eigenvalue weighted by atomic mass is 10.2. The molecule has 1 aromatic carbocycles. The van der Waals surface area contributed by atoms with Gasteiger partial charge in [-0.15, -0.1) is 0 Å². The van der Waals surface area contributed by atoms with Crippen LogP contribution in [-0.2, 0) is 6.54 Å². The van der Waals surface area contributed by atoms with Crippen LogP contribution in [-0.4, -0.2) is 11.5 Å². The third kappa shape index (κ3) is 3.91. The zero-order chi connectivity index (χ0) is 14.5. The number of rotatable bonds is 5. The Labute approximate surface area is 125 Å². The summed E-state index contributed by atoms with van der Waals surface area (Å²) < 4.78 is 27.9. The van der Waals surface area contributed by atoms with Gasteiger partial charge in [-0.2, -0.15) is 0 Å². The molecule has 0 spiro atoms. The second-order valence-electron chi connectivity index (χ2n) is 4.09. The SMILES string of the molecule is CCNCc1cc(F)c(Sc2ccc(Cl)cn2)c(F)c1. The molecule has 6 heteroatoms. The number of benzene rings is 1. The summed E-state index contributed by atoms with van der Waals surface area (Å²) >= 11 is 6.66. The number of hydrogen-bond donors (Lipinski definition) is 1. The maximum atomic E-state index is 14.0. The lowest BCUT2D eigenvalue weighted by Gasteiger charge is -2.08. The molecule has 2 nitrogen and oxygen atoms in total. The van der Waals surface area contributed by atoms with Gasteiger partial charge in [0, 0.05) is 12.7 Å². The highest BCUT2D eigenvalue weighted by atomic mass is 35.5. The van der Waals surface area contributed by atoms with Crippen LogP contribution in [0.2, 0.25) is 5.02 Å². The Kier molecular flexibility index (Phi) is 5.34. The average molecular weight is 315 g/mol. The van der Waals surface area contributed by atoms with E-state index in [1.165, 1.54) is 18.3 Å². The van der Waals surface area contributed by atoms with Crippen molar-refractivity contribution in [3.05, 3.63) is 52.7 Å². The zero-order valence-corrected chi connectivity index (χ0v) is 12.4. The van der Waals surface area contributed by atoms with Gasteiger partial charge in [0.25, 0.3) is 0 Å². The van der Waals surface area contributed by atoms with E-state index >= 15 is 0 Å². The van der Waals surface area contributed by atoms with Crippen molar-refractivity contribution < 1.29 is 8.78 Å². The molecule has 0 aliphatic rings. The summed E-state index contributed by atoms with van der Waals surface area (Å²) in [6.45, 7) is 3.12. The third-order valence-corrected chi connectivity index (χ3v) is 3.81. The Balaban J connectivity index is 2.21. The zero-order valence-electron chi connectivity index (χ0n) is 10.8. The minimum absolute atomic E-state index is 0.0555. The Hall–Kier alpha value is -1.17. The minimum atomic E-state index is -0.584. The molecular weight excluding hydrogens is 302 g/mol. The minimum Gasteiger partial charge on any atom is -0.313 e. The first-order valence-corrected chi connectivity index (χ1v) is 7.27. The molecule has 0 bridgehead atoms. The molecule has 1 N–H and O–H groups in total. The van der Waals surface area contributed by atoms with Crippen LogP contribution in [0.4, 0.5) is 8.78 Å².